The Labute approximate surface area is 193 Å². The molecule has 0 saturated carbocycles. The molecule has 29 heavy (non-hydrogen) atoms. The SMILES string of the molecule is CN=C(NCCc1nc(C(C)(C)C)cs1)N1CCN(c2cnn(C)c2)C(=O)C1.I. The quantitative estimate of drug-likeness (QED) is 0.372. The fourth-order valence-corrected chi connectivity index (χ4v) is 4.08. The smallest absolute Gasteiger partial charge is 0.246 e. The van der Waals surface area contributed by atoms with Gasteiger partial charge in [0.2, 0.25) is 5.91 Å². The third-order valence-corrected chi connectivity index (χ3v) is 5.59. The highest BCUT2D eigenvalue weighted by molar-refractivity contribution is 14.0. The van der Waals surface area contributed by atoms with Gasteiger partial charge < -0.3 is 15.1 Å². The second-order valence-electron chi connectivity index (χ2n) is 7.94. The number of piperazine rings is 1. The normalized spacial score (nSPS) is 15.5. The van der Waals surface area contributed by atoms with Gasteiger partial charge in [-0.2, -0.15) is 5.10 Å². The van der Waals surface area contributed by atoms with Crippen LogP contribution in [0.2, 0.25) is 0 Å². The number of rotatable bonds is 4. The van der Waals surface area contributed by atoms with Crippen LogP contribution in [-0.4, -0.2) is 64.8 Å². The van der Waals surface area contributed by atoms with Crippen LogP contribution < -0.4 is 10.2 Å². The number of aliphatic imine (C=N–C) groups is 1. The Bertz CT molecular complexity index is 855. The molecule has 0 aromatic carbocycles. The molecule has 160 valence electrons. The molecule has 1 aliphatic rings. The number of aromatic nitrogens is 3. The summed E-state index contributed by atoms with van der Waals surface area (Å²) in [6.45, 7) is 8.91. The van der Waals surface area contributed by atoms with E-state index in [-0.39, 0.29) is 35.3 Å². The molecule has 0 unspecified atom stereocenters. The second-order valence-corrected chi connectivity index (χ2v) is 8.88. The average molecular weight is 531 g/mol. The van der Waals surface area contributed by atoms with Crippen LogP contribution >= 0.6 is 35.3 Å². The summed E-state index contributed by atoms with van der Waals surface area (Å²) < 4.78 is 1.71. The molecule has 3 heterocycles. The molecule has 0 bridgehead atoms. The molecule has 2 aromatic rings. The summed E-state index contributed by atoms with van der Waals surface area (Å²) in [6, 6.07) is 0. The number of nitrogens with one attached hydrogen (secondary N) is 1. The van der Waals surface area contributed by atoms with Gasteiger partial charge in [0.25, 0.3) is 0 Å². The lowest BCUT2D eigenvalue weighted by Crippen LogP contribution is -2.55. The molecular weight excluding hydrogens is 501 g/mol. The number of hydrogen-bond acceptors (Lipinski definition) is 5. The van der Waals surface area contributed by atoms with Crippen molar-refractivity contribution in [2.75, 3.05) is 38.1 Å². The number of halogens is 1. The molecule has 0 radical (unpaired) electrons. The maximum absolute atomic E-state index is 12.6. The predicted octanol–water partition coefficient (Wildman–Crippen LogP) is 2.26. The monoisotopic (exact) mass is 531 g/mol. The van der Waals surface area contributed by atoms with Crippen molar-refractivity contribution in [2.45, 2.75) is 32.6 Å². The predicted molar refractivity (Wildman–Crippen MR) is 128 cm³/mol. The molecule has 0 spiro atoms. The summed E-state index contributed by atoms with van der Waals surface area (Å²) in [7, 11) is 3.60. The molecule has 1 aliphatic heterocycles. The number of carbonyl (C=O) groups is 1. The Hall–Kier alpha value is -1.69. The van der Waals surface area contributed by atoms with Crippen LogP contribution in [0.15, 0.2) is 22.8 Å². The minimum atomic E-state index is 0. The number of thiazole rings is 1. The minimum Gasteiger partial charge on any atom is -0.356 e. The van der Waals surface area contributed by atoms with Crippen molar-refractivity contribution in [1.82, 2.24) is 25.0 Å². The number of aryl methyl sites for hydroxylation is 1. The average Bonchev–Trinajstić information content (AvgIpc) is 3.27. The lowest BCUT2D eigenvalue weighted by Gasteiger charge is -2.35. The molecule has 0 aliphatic carbocycles. The van der Waals surface area contributed by atoms with Crippen LogP contribution in [0.25, 0.3) is 0 Å². The number of anilines is 1. The van der Waals surface area contributed by atoms with Crippen LogP contribution in [0.5, 0.6) is 0 Å². The first-order valence-electron chi connectivity index (χ1n) is 9.47. The maximum atomic E-state index is 12.6. The topological polar surface area (TPSA) is 78.7 Å². The van der Waals surface area contributed by atoms with Gasteiger partial charge in [0.05, 0.1) is 22.6 Å². The van der Waals surface area contributed by atoms with Gasteiger partial charge >= 0.3 is 0 Å². The minimum absolute atomic E-state index is 0. The van der Waals surface area contributed by atoms with E-state index in [1.54, 1.807) is 34.2 Å². The summed E-state index contributed by atoms with van der Waals surface area (Å²) in [5, 5.41) is 10.8. The Morgan fingerprint density at radius 1 is 1.34 bits per heavy atom. The van der Waals surface area contributed by atoms with Gasteiger partial charge in [-0.25, -0.2) is 4.98 Å². The fourth-order valence-electron chi connectivity index (χ4n) is 3.06. The fraction of sp³-hybridized carbons (Fsp3) is 0.579. The van der Waals surface area contributed by atoms with E-state index in [1.807, 2.05) is 18.1 Å². The molecule has 3 rings (SSSR count). The number of carbonyl (C=O) groups excluding carboxylic acids is 1. The lowest BCUT2D eigenvalue weighted by atomic mass is 9.93. The van der Waals surface area contributed by atoms with Crippen molar-refractivity contribution in [1.29, 1.82) is 0 Å². The summed E-state index contributed by atoms with van der Waals surface area (Å²) in [6.07, 6.45) is 4.42. The zero-order valence-electron chi connectivity index (χ0n) is 17.7. The van der Waals surface area contributed by atoms with Crippen molar-refractivity contribution in [3.05, 3.63) is 28.5 Å². The largest absolute Gasteiger partial charge is 0.356 e. The Morgan fingerprint density at radius 3 is 2.66 bits per heavy atom. The van der Waals surface area contributed by atoms with Crippen molar-refractivity contribution in [3.63, 3.8) is 0 Å². The van der Waals surface area contributed by atoms with Crippen molar-refractivity contribution >= 4 is 52.9 Å². The summed E-state index contributed by atoms with van der Waals surface area (Å²) >= 11 is 1.70. The van der Waals surface area contributed by atoms with Crippen LogP contribution in [-0.2, 0) is 23.7 Å². The molecule has 1 fully saturated rings. The number of guanidine groups is 1. The highest BCUT2D eigenvalue weighted by Gasteiger charge is 2.27. The molecule has 10 heteroatoms. The van der Waals surface area contributed by atoms with Gasteiger partial charge in [-0.3, -0.25) is 14.5 Å². The molecule has 0 atom stereocenters. The van der Waals surface area contributed by atoms with Crippen LogP contribution in [0.4, 0.5) is 5.69 Å². The van der Waals surface area contributed by atoms with Gasteiger partial charge in [0, 0.05) is 57.1 Å². The highest BCUT2D eigenvalue weighted by Crippen LogP contribution is 2.24. The van der Waals surface area contributed by atoms with Crippen molar-refractivity contribution in [2.24, 2.45) is 12.0 Å². The zero-order valence-corrected chi connectivity index (χ0v) is 20.8. The zero-order chi connectivity index (χ0) is 20.3. The Morgan fingerprint density at radius 2 is 2.10 bits per heavy atom. The molecule has 1 amide bonds. The van der Waals surface area contributed by atoms with Crippen LogP contribution in [0.1, 0.15) is 31.5 Å². The molecule has 1 saturated heterocycles. The highest BCUT2D eigenvalue weighted by atomic mass is 127. The van der Waals surface area contributed by atoms with Crippen LogP contribution in [0, 0.1) is 0 Å². The van der Waals surface area contributed by atoms with E-state index in [4.69, 9.17) is 4.98 Å². The van der Waals surface area contributed by atoms with Crippen LogP contribution in [0.3, 0.4) is 0 Å². The second kappa shape index (κ2) is 9.88. The number of amides is 1. The van der Waals surface area contributed by atoms with Crippen molar-refractivity contribution < 1.29 is 4.79 Å². The van der Waals surface area contributed by atoms with E-state index in [9.17, 15) is 4.79 Å². The summed E-state index contributed by atoms with van der Waals surface area (Å²) in [5.41, 5.74) is 2.05. The van der Waals surface area contributed by atoms with Gasteiger partial charge in [-0.1, -0.05) is 20.8 Å². The molecule has 8 nitrogen and oxygen atoms in total. The summed E-state index contributed by atoms with van der Waals surface area (Å²) in [4.78, 5) is 25.4. The standard InChI is InChI=1S/C19H29N7OS.HI/c1-19(2,3)15-13-28-16(23-15)6-7-21-18(20-4)25-8-9-26(17(27)12-25)14-10-22-24(5)11-14;/h10-11,13H,6-9,12H2,1-5H3,(H,20,21);1H. The third kappa shape index (κ3) is 5.91. The first-order valence-corrected chi connectivity index (χ1v) is 10.4. The van der Waals surface area contributed by atoms with E-state index in [0.717, 1.165) is 41.9 Å². The number of hydrogen-bond donors (Lipinski definition) is 1. The lowest BCUT2D eigenvalue weighted by molar-refractivity contribution is -0.120. The first kappa shape index (κ1) is 23.6. The first-order chi connectivity index (χ1) is 13.3. The third-order valence-electron chi connectivity index (χ3n) is 4.68. The van der Waals surface area contributed by atoms with E-state index >= 15 is 0 Å². The molecule has 2 aromatic heterocycles. The molecular formula is C19H30IN7OS. The van der Waals surface area contributed by atoms with E-state index in [2.05, 4.69) is 41.6 Å². The maximum Gasteiger partial charge on any atom is 0.246 e. The van der Waals surface area contributed by atoms with Crippen molar-refractivity contribution in [3.8, 4) is 0 Å². The summed E-state index contributed by atoms with van der Waals surface area (Å²) in [5.74, 6) is 0.809. The van der Waals surface area contributed by atoms with Gasteiger partial charge in [-0.05, 0) is 0 Å². The van der Waals surface area contributed by atoms with E-state index in [1.165, 1.54) is 0 Å². The Balaban J connectivity index is 0.00000300. The van der Waals surface area contributed by atoms with E-state index in [0.29, 0.717) is 13.1 Å². The van der Waals surface area contributed by atoms with Gasteiger partial charge in [-0.15, -0.1) is 35.3 Å². The van der Waals surface area contributed by atoms with Gasteiger partial charge in [0.15, 0.2) is 5.96 Å². The number of nitrogens with zero attached hydrogens (tertiary/aromatic N) is 6. The Kier molecular flexibility index (Phi) is 8.03. The van der Waals surface area contributed by atoms with Gasteiger partial charge in [0.1, 0.15) is 6.54 Å². The van der Waals surface area contributed by atoms with E-state index < -0.39 is 0 Å². The molecule has 1 N–H and O–H groups in total.